The number of likely N-dealkylation sites (tertiary alicyclic amines) is 1. The Hall–Kier alpha value is -1.95. The van der Waals surface area contributed by atoms with Gasteiger partial charge in [0, 0.05) is 32.7 Å². The van der Waals surface area contributed by atoms with Crippen molar-refractivity contribution in [3.05, 3.63) is 23.8 Å². The van der Waals surface area contributed by atoms with Gasteiger partial charge in [0.25, 0.3) is 0 Å². The summed E-state index contributed by atoms with van der Waals surface area (Å²) < 4.78 is 11.0. The molecule has 6 heteroatoms. The van der Waals surface area contributed by atoms with Crippen LogP contribution < -0.4 is 20.1 Å². The molecule has 1 aromatic carbocycles. The van der Waals surface area contributed by atoms with Crippen LogP contribution in [0.4, 0.5) is 0 Å². The normalized spacial score (nSPS) is 18.2. The number of benzene rings is 1. The van der Waals surface area contributed by atoms with E-state index >= 15 is 0 Å². The Morgan fingerprint density at radius 2 is 2.11 bits per heavy atom. The fourth-order valence-electron chi connectivity index (χ4n) is 3.48. The standard InChI is InChI=1S/C21H36N4O2/c1-5-27-19-11-10-18(15-20(19)26-4)16-24-21(22-3)23-12-8-14-25-13-7-6-9-17(25)2/h10-11,15,17H,5-9,12-14,16H2,1-4H3,(H2,22,23,24). The van der Waals surface area contributed by atoms with Gasteiger partial charge in [-0.2, -0.15) is 0 Å². The van der Waals surface area contributed by atoms with Crippen molar-refractivity contribution in [3.63, 3.8) is 0 Å². The maximum absolute atomic E-state index is 5.57. The number of hydrogen-bond donors (Lipinski definition) is 2. The molecule has 0 saturated carbocycles. The van der Waals surface area contributed by atoms with E-state index < -0.39 is 0 Å². The minimum absolute atomic E-state index is 0.626. The number of aliphatic imine (C=N–C) groups is 1. The largest absolute Gasteiger partial charge is 0.493 e. The maximum Gasteiger partial charge on any atom is 0.191 e. The van der Waals surface area contributed by atoms with E-state index in [2.05, 4.69) is 27.4 Å². The minimum Gasteiger partial charge on any atom is -0.493 e. The fourth-order valence-corrected chi connectivity index (χ4v) is 3.48. The summed E-state index contributed by atoms with van der Waals surface area (Å²) in [6.45, 7) is 8.95. The first-order valence-electron chi connectivity index (χ1n) is 10.2. The van der Waals surface area contributed by atoms with E-state index in [1.54, 1.807) is 14.2 Å². The Bertz CT molecular complexity index is 592. The van der Waals surface area contributed by atoms with Crippen molar-refractivity contribution in [2.75, 3.05) is 40.4 Å². The first kappa shape index (κ1) is 21.4. The third kappa shape index (κ3) is 6.94. The number of guanidine groups is 1. The molecule has 152 valence electrons. The molecule has 1 aromatic rings. The van der Waals surface area contributed by atoms with Gasteiger partial charge in [-0.1, -0.05) is 12.5 Å². The van der Waals surface area contributed by atoms with Gasteiger partial charge in [-0.05, 0) is 57.4 Å². The summed E-state index contributed by atoms with van der Waals surface area (Å²) in [4.78, 5) is 6.92. The lowest BCUT2D eigenvalue weighted by atomic mass is 10.0. The van der Waals surface area contributed by atoms with Gasteiger partial charge in [-0.25, -0.2) is 0 Å². The molecular weight excluding hydrogens is 340 g/mol. The monoisotopic (exact) mass is 376 g/mol. The predicted molar refractivity (Wildman–Crippen MR) is 112 cm³/mol. The number of methoxy groups -OCH3 is 1. The minimum atomic E-state index is 0.626. The quantitative estimate of drug-likeness (QED) is 0.394. The third-order valence-corrected chi connectivity index (χ3v) is 5.07. The average Bonchev–Trinajstić information content (AvgIpc) is 2.69. The van der Waals surface area contributed by atoms with Gasteiger partial charge in [0.1, 0.15) is 0 Å². The Balaban J connectivity index is 1.73. The number of nitrogens with one attached hydrogen (secondary N) is 2. The average molecular weight is 377 g/mol. The topological polar surface area (TPSA) is 58.1 Å². The zero-order valence-corrected chi connectivity index (χ0v) is 17.4. The van der Waals surface area contributed by atoms with Gasteiger partial charge in [0.2, 0.25) is 0 Å². The van der Waals surface area contributed by atoms with Crippen molar-refractivity contribution in [3.8, 4) is 11.5 Å². The van der Waals surface area contributed by atoms with Crippen LogP contribution >= 0.6 is 0 Å². The summed E-state index contributed by atoms with van der Waals surface area (Å²) in [5.74, 6) is 2.36. The van der Waals surface area contributed by atoms with Crippen LogP contribution in [-0.4, -0.2) is 57.3 Å². The second kappa shape index (κ2) is 11.7. The molecule has 2 N–H and O–H groups in total. The van der Waals surface area contributed by atoms with Crippen LogP contribution in [0, 0.1) is 0 Å². The number of piperidine rings is 1. The SMILES string of the molecule is CCOc1ccc(CNC(=NC)NCCCN2CCCCC2C)cc1OC. The summed E-state index contributed by atoms with van der Waals surface area (Å²) >= 11 is 0. The van der Waals surface area contributed by atoms with Crippen LogP contribution in [0.5, 0.6) is 11.5 Å². The van der Waals surface area contributed by atoms with E-state index in [4.69, 9.17) is 9.47 Å². The van der Waals surface area contributed by atoms with E-state index in [0.29, 0.717) is 13.2 Å². The van der Waals surface area contributed by atoms with Crippen molar-refractivity contribution in [2.45, 2.75) is 52.1 Å². The summed E-state index contributed by atoms with van der Waals surface area (Å²) in [5, 5.41) is 6.78. The van der Waals surface area contributed by atoms with Crippen molar-refractivity contribution in [1.82, 2.24) is 15.5 Å². The highest BCUT2D eigenvalue weighted by atomic mass is 16.5. The zero-order valence-electron chi connectivity index (χ0n) is 17.4. The molecule has 1 saturated heterocycles. The van der Waals surface area contributed by atoms with Gasteiger partial charge in [0.15, 0.2) is 17.5 Å². The molecule has 1 unspecified atom stereocenters. The lowest BCUT2D eigenvalue weighted by molar-refractivity contribution is 0.159. The van der Waals surface area contributed by atoms with Crippen LogP contribution in [0.25, 0.3) is 0 Å². The van der Waals surface area contributed by atoms with Crippen LogP contribution in [0.3, 0.4) is 0 Å². The third-order valence-electron chi connectivity index (χ3n) is 5.07. The van der Waals surface area contributed by atoms with Gasteiger partial charge in [-0.3, -0.25) is 4.99 Å². The lowest BCUT2D eigenvalue weighted by Crippen LogP contribution is -2.41. The summed E-state index contributed by atoms with van der Waals surface area (Å²) in [5.41, 5.74) is 1.13. The molecule has 0 aromatic heterocycles. The molecule has 6 nitrogen and oxygen atoms in total. The second-order valence-corrected chi connectivity index (χ2v) is 7.01. The van der Waals surface area contributed by atoms with E-state index in [1.165, 1.54) is 25.8 Å². The second-order valence-electron chi connectivity index (χ2n) is 7.01. The number of hydrogen-bond acceptors (Lipinski definition) is 4. The first-order valence-corrected chi connectivity index (χ1v) is 10.2. The van der Waals surface area contributed by atoms with Crippen LogP contribution in [-0.2, 0) is 6.54 Å². The van der Waals surface area contributed by atoms with Gasteiger partial charge < -0.3 is 25.0 Å². The highest BCUT2D eigenvalue weighted by Crippen LogP contribution is 2.27. The fraction of sp³-hybridized carbons (Fsp3) is 0.667. The number of rotatable bonds is 9. The van der Waals surface area contributed by atoms with E-state index in [-0.39, 0.29) is 0 Å². The molecule has 27 heavy (non-hydrogen) atoms. The number of ether oxygens (including phenoxy) is 2. The van der Waals surface area contributed by atoms with Crippen LogP contribution in [0.2, 0.25) is 0 Å². The number of nitrogens with zero attached hydrogens (tertiary/aromatic N) is 2. The summed E-state index contributed by atoms with van der Waals surface area (Å²) in [6.07, 6.45) is 5.18. The smallest absolute Gasteiger partial charge is 0.191 e. The maximum atomic E-state index is 5.57. The highest BCUT2D eigenvalue weighted by Gasteiger charge is 2.17. The lowest BCUT2D eigenvalue weighted by Gasteiger charge is -2.33. The molecule has 1 aliphatic heterocycles. The van der Waals surface area contributed by atoms with Crippen molar-refractivity contribution in [2.24, 2.45) is 4.99 Å². The molecule has 1 fully saturated rings. The van der Waals surface area contributed by atoms with Crippen LogP contribution in [0.15, 0.2) is 23.2 Å². The Labute approximate surface area is 164 Å². The molecule has 0 aliphatic carbocycles. The van der Waals surface area contributed by atoms with Gasteiger partial charge in [0.05, 0.1) is 13.7 Å². The molecule has 0 spiro atoms. The Morgan fingerprint density at radius 3 is 2.81 bits per heavy atom. The molecule has 1 heterocycles. The van der Waals surface area contributed by atoms with Crippen molar-refractivity contribution < 1.29 is 9.47 Å². The van der Waals surface area contributed by atoms with Crippen molar-refractivity contribution in [1.29, 1.82) is 0 Å². The van der Waals surface area contributed by atoms with E-state index in [9.17, 15) is 0 Å². The molecule has 0 amide bonds. The van der Waals surface area contributed by atoms with E-state index in [0.717, 1.165) is 48.6 Å². The highest BCUT2D eigenvalue weighted by molar-refractivity contribution is 5.79. The van der Waals surface area contributed by atoms with Crippen LogP contribution in [0.1, 0.15) is 45.1 Å². The molecule has 0 bridgehead atoms. The molecular formula is C21H36N4O2. The summed E-state index contributed by atoms with van der Waals surface area (Å²) in [7, 11) is 3.47. The Morgan fingerprint density at radius 1 is 1.26 bits per heavy atom. The Kier molecular flexibility index (Phi) is 9.25. The first-order chi connectivity index (χ1) is 13.2. The summed E-state index contributed by atoms with van der Waals surface area (Å²) in [6, 6.07) is 6.73. The van der Waals surface area contributed by atoms with Crippen molar-refractivity contribution >= 4 is 5.96 Å². The molecule has 2 rings (SSSR count). The predicted octanol–water partition coefficient (Wildman–Crippen LogP) is 3.02. The molecule has 1 atom stereocenters. The molecule has 0 radical (unpaired) electrons. The van der Waals surface area contributed by atoms with Gasteiger partial charge in [-0.15, -0.1) is 0 Å². The van der Waals surface area contributed by atoms with E-state index in [1.807, 2.05) is 25.1 Å². The van der Waals surface area contributed by atoms with Gasteiger partial charge >= 0.3 is 0 Å². The zero-order chi connectivity index (χ0) is 19.5. The molecule has 1 aliphatic rings.